The highest BCUT2D eigenvalue weighted by Gasteiger charge is 2.32. The number of rotatable bonds is 6. The highest BCUT2D eigenvalue weighted by molar-refractivity contribution is 7.91. The number of non-ortho nitro benzene ring substituents is 1. The quantitative estimate of drug-likeness (QED) is 0.209. The largest absolute Gasteiger partial charge is 0.514 e. The number of nitro groups is 1. The van der Waals surface area contributed by atoms with E-state index in [1.54, 1.807) is 12.1 Å². The van der Waals surface area contributed by atoms with Gasteiger partial charge in [0.25, 0.3) is 5.69 Å². The Morgan fingerprint density at radius 3 is 2.72 bits per heavy atom. The third-order valence-corrected chi connectivity index (χ3v) is 8.46. The number of hydrogen-bond acceptors (Lipinski definition) is 9. The third-order valence-electron chi connectivity index (χ3n) is 6.65. The molecule has 1 unspecified atom stereocenters. The standard InChI is InChI=1S/C24H24N4O7S/c1-14-22(26-27-23(14)25-17-3-9-21-15(12-17)10-11-36(21,32)33)16-2-6-20(13-16)35-24(29)34-19-7-4-18(5-8-19)28(30)31/h3-5,7-9,12,16,20H,2,6,10-11,13H2,1H3,(H2,25,26,27)/t16?,20-/m1/s1. The summed E-state index contributed by atoms with van der Waals surface area (Å²) < 4.78 is 34.7. The van der Waals surface area contributed by atoms with Crippen molar-refractivity contribution >= 4 is 33.2 Å². The molecule has 11 nitrogen and oxygen atoms in total. The molecule has 2 heterocycles. The number of fused-ring (bicyclic) bond motifs is 1. The van der Waals surface area contributed by atoms with E-state index in [0.717, 1.165) is 28.9 Å². The molecule has 0 amide bonds. The number of ether oxygens (including phenoxy) is 2. The summed E-state index contributed by atoms with van der Waals surface area (Å²) >= 11 is 0. The van der Waals surface area contributed by atoms with Gasteiger partial charge in [0.15, 0.2) is 15.7 Å². The lowest BCUT2D eigenvalue weighted by Gasteiger charge is -2.13. The molecule has 1 aromatic heterocycles. The molecule has 2 aromatic carbocycles. The van der Waals surface area contributed by atoms with Gasteiger partial charge in [-0.05, 0) is 68.5 Å². The van der Waals surface area contributed by atoms with Crippen LogP contribution in [0.25, 0.3) is 0 Å². The van der Waals surface area contributed by atoms with Gasteiger partial charge in [-0.3, -0.25) is 15.2 Å². The third kappa shape index (κ3) is 4.76. The van der Waals surface area contributed by atoms with E-state index < -0.39 is 20.9 Å². The van der Waals surface area contributed by atoms with Crippen molar-refractivity contribution in [3.05, 3.63) is 69.4 Å². The zero-order chi connectivity index (χ0) is 25.4. The molecule has 2 aliphatic rings. The van der Waals surface area contributed by atoms with Crippen molar-refractivity contribution in [2.45, 2.75) is 49.5 Å². The number of benzene rings is 2. The van der Waals surface area contributed by atoms with Crippen LogP contribution in [-0.2, 0) is 21.0 Å². The molecule has 0 radical (unpaired) electrons. The predicted molar refractivity (Wildman–Crippen MR) is 129 cm³/mol. The first kappa shape index (κ1) is 23.8. The second-order valence-electron chi connectivity index (χ2n) is 8.98. The van der Waals surface area contributed by atoms with Crippen LogP contribution in [0.3, 0.4) is 0 Å². The number of nitro benzene ring substituents is 1. The van der Waals surface area contributed by atoms with Crippen LogP contribution in [0.2, 0.25) is 0 Å². The van der Waals surface area contributed by atoms with Crippen LogP contribution in [-0.4, -0.2) is 41.6 Å². The lowest BCUT2D eigenvalue weighted by atomic mass is 10.0. The molecule has 2 atom stereocenters. The Morgan fingerprint density at radius 2 is 1.97 bits per heavy atom. The molecule has 0 saturated heterocycles. The summed E-state index contributed by atoms with van der Waals surface area (Å²) in [6, 6.07) is 10.4. The summed E-state index contributed by atoms with van der Waals surface area (Å²) in [7, 11) is -3.17. The zero-order valence-electron chi connectivity index (χ0n) is 19.4. The second kappa shape index (κ2) is 9.26. The fourth-order valence-corrected chi connectivity index (χ4v) is 6.32. The number of anilines is 2. The molecule has 0 spiro atoms. The zero-order valence-corrected chi connectivity index (χ0v) is 20.2. The molecule has 1 aliphatic heterocycles. The van der Waals surface area contributed by atoms with E-state index in [1.807, 2.05) is 13.0 Å². The molecular formula is C24H24N4O7S. The smallest absolute Gasteiger partial charge is 0.431 e. The summed E-state index contributed by atoms with van der Waals surface area (Å²) in [4.78, 5) is 22.8. The first-order chi connectivity index (χ1) is 17.2. The highest BCUT2D eigenvalue weighted by atomic mass is 32.2. The summed E-state index contributed by atoms with van der Waals surface area (Å²) in [5.41, 5.74) is 3.39. The van der Waals surface area contributed by atoms with Crippen molar-refractivity contribution in [3.8, 4) is 5.75 Å². The second-order valence-corrected chi connectivity index (χ2v) is 11.1. The van der Waals surface area contributed by atoms with Crippen LogP contribution in [0.15, 0.2) is 47.4 Å². The van der Waals surface area contributed by atoms with Gasteiger partial charge in [0.05, 0.1) is 15.6 Å². The van der Waals surface area contributed by atoms with Gasteiger partial charge in [0.2, 0.25) is 0 Å². The molecule has 12 heteroatoms. The van der Waals surface area contributed by atoms with Gasteiger partial charge in [-0.15, -0.1) is 0 Å². The van der Waals surface area contributed by atoms with Crippen molar-refractivity contribution in [1.29, 1.82) is 0 Å². The number of hydrogen-bond donors (Lipinski definition) is 2. The number of carbonyl (C=O) groups excluding carboxylic acids is 1. The fourth-order valence-electron chi connectivity index (χ4n) is 4.78. The number of aromatic amines is 1. The van der Waals surface area contributed by atoms with Crippen LogP contribution in [0.4, 0.5) is 22.0 Å². The minimum absolute atomic E-state index is 0.0951. The molecular weight excluding hydrogens is 488 g/mol. The molecule has 0 bridgehead atoms. The van der Waals surface area contributed by atoms with Crippen molar-refractivity contribution in [1.82, 2.24) is 10.2 Å². The normalized spacial score (nSPS) is 20.0. The van der Waals surface area contributed by atoms with Crippen molar-refractivity contribution in [2.24, 2.45) is 0 Å². The molecule has 1 fully saturated rings. The maximum absolute atomic E-state index is 12.2. The molecule has 1 aliphatic carbocycles. The van der Waals surface area contributed by atoms with Gasteiger partial charge in [0.1, 0.15) is 11.9 Å². The van der Waals surface area contributed by atoms with E-state index in [0.29, 0.717) is 30.0 Å². The van der Waals surface area contributed by atoms with E-state index in [-0.39, 0.29) is 29.2 Å². The van der Waals surface area contributed by atoms with E-state index in [9.17, 15) is 23.3 Å². The number of nitrogens with one attached hydrogen (secondary N) is 2. The van der Waals surface area contributed by atoms with E-state index in [1.165, 1.54) is 24.3 Å². The first-order valence-corrected chi connectivity index (χ1v) is 13.2. The monoisotopic (exact) mass is 512 g/mol. The van der Waals surface area contributed by atoms with E-state index >= 15 is 0 Å². The minimum atomic E-state index is -3.17. The number of carbonyl (C=O) groups is 1. The molecule has 3 aromatic rings. The first-order valence-electron chi connectivity index (χ1n) is 11.5. The Bertz CT molecular complexity index is 1430. The Hall–Kier alpha value is -3.93. The topological polar surface area (TPSA) is 154 Å². The van der Waals surface area contributed by atoms with Crippen LogP contribution < -0.4 is 10.1 Å². The van der Waals surface area contributed by atoms with Crippen LogP contribution >= 0.6 is 0 Å². The van der Waals surface area contributed by atoms with E-state index in [4.69, 9.17) is 9.47 Å². The molecule has 5 rings (SSSR count). The van der Waals surface area contributed by atoms with Gasteiger partial charge in [-0.1, -0.05) is 0 Å². The number of aromatic nitrogens is 2. The van der Waals surface area contributed by atoms with Gasteiger partial charge < -0.3 is 14.8 Å². The maximum atomic E-state index is 12.2. The lowest BCUT2D eigenvalue weighted by molar-refractivity contribution is -0.384. The molecule has 1 saturated carbocycles. The van der Waals surface area contributed by atoms with Crippen molar-refractivity contribution < 1.29 is 27.6 Å². The Balaban J connectivity index is 1.18. The summed E-state index contributed by atoms with van der Waals surface area (Å²) in [5, 5.41) is 21.5. The number of sulfone groups is 1. The molecule has 188 valence electrons. The van der Waals surface area contributed by atoms with Crippen LogP contribution in [0.1, 0.15) is 42.0 Å². The van der Waals surface area contributed by atoms with Gasteiger partial charge >= 0.3 is 6.16 Å². The minimum Gasteiger partial charge on any atom is -0.431 e. The average molecular weight is 513 g/mol. The summed E-state index contributed by atoms with van der Waals surface area (Å²) in [6.45, 7) is 1.95. The van der Waals surface area contributed by atoms with Crippen molar-refractivity contribution in [3.63, 3.8) is 0 Å². The van der Waals surface area contributed by atoms with Gasteiger partial charge in [-0.25, -0.2) is 13.2 Å². The van der Waals surface area contributed by atoms with Crippen molar-refractivity contribution in [2.75, 3.05) is 11.1 Å². The summed E-state index contributed by atoms with van der Waals surface area (Å²) in [5.74, 6) is 1.09. The predicted octanol–water partition coefficient (Wildman–Crippen LogP) is 4.55. The SMILES string of the molecule is Cc1c(Nc2ccc3c(c2)CCS3(=O)=O)n[nH]c1C1CC[C@@H](OC(=O)Oc2ccc([N+](=O)[O-])cc2)C1. The van der Waals surface area contributed by atoms with Crippen LogP contribution in [0, 0.1) is 17.0 Å². The van der Waals surface area contributed by atoms with E-state index in [2.05, 4.69) is 15.5 Å². The van der Waals surface area contributed by atoms with Gasteiger partial charge in [0, 0.05) is 35.0 Å². The maximum Gasteiger partial charge on any atom is 0.514 e. The Kier molecular flexibility index (Phi) is 6.12. The van der Waals surface area contributed by atoms with Crippen LogP contribution in [0.5, 0.6) is 5.75 Å². The average Bonchev–Trinajstić information content (AvgIpc) is 3.52. The Labute approximate surface area is 206 Å². The Morgan fingerprint density at radius 1 is 1.19 bits per heavy atom. The number of H-pyrrole nitrogens is 1. The lowest BCUT2D eigenvalue weighted by Crippen LogP contribution is -2.18. The molecule has 2 N–H and O–H groups in total. The fraction of sp³-hybridized carbons (Fsp3) is 0.333. The van der Waals surface area contributed by atoms with Gasteiger partial charge in [-0.2, -0.15) is 5.10 Å². The molecule has 36 heavy (non-hydrogen) atoms. The number of nitrogens with zero attached hydrogens (tertiary/aromatic N) is 2. The summed E-state index contributed by atoms with van der Waals surface area (Å²) in [6.07, 6.45) is 1.41. The highest BCUT2D eigenvalue weighted by Crippen LogP contribution is 2.39. The number of aryl methyl sites for hydroxylation is 1.